The fourth-order valence-electron chi connectivity index (χ4n) is 2.03. The van der Waals surface area contributed by atoms with Gasteiger partial charge in [0.2, 0.25) is 0 Å². The third-order valence-electron chi connectivity index (χ3n) is 2.98. The molecule has 2 rings (SSSR count). The first-order valence-electron chi connectivity index (χ1n) is 6.55. The molecule has 0 atom stereocenters. The Balaban J connectivity index is 2.56. The van der Waals surface area contributed by atoms with Crippen LogP contribution in [0.3, 0.4) is 0 Å². The van der Waals surface area contributed by atoms with Crippen molar-refractivity contribution in [2.24, 2.45) is 0 Å². The average molecular weight is 327 g/mol. The van der Waals surface area contributed by atoms with Crippen LogP contribution in [0, 0.1) is 0 Å². The van der Waals surface area contributed by atoms with E-state index in [1.165, 1.54) is 7.11 Å². The van der Waals surface area contributed by atoms with Gasteiger partial charge in [0, 0.05) is 11.3 Å². The zero-order valence-corrected chi connectivity index (χ0v) is 13.6. The van der Waals surface area contributed by atoms with Crippen LogP contribution in [0.2, 0.25) is 10.2 Å². The van der Waals surface area contributed by atoms with Crippen molar-refractivity contribution in [1.29, 1.82) is 0 Å². The van der Waals surface area contributed by atoms with Gasteiger partial charge in [-0.05, 0) is 24.6 Å². The lowest BCUT2D eigenvalue weighted by molar-refractivity contribution is 0.355. The second-order valence-corrected chi connectivity index (χ2v) is 5.18. The first-order valence-corrected chi connectivity index (χ1v) is 7.30. The number of nitrogens with zero attached hydrogens (tertiary/aromatic N) is 2. The Morgan fingerprint density at radius 1 is 1.10 bits per heavy atom. The van der Waals surface area contributed by atoms with Crippen molar-refractivity contribution < 1.29 is 9.47 Å². The summed E-state index contributed by atoms with van der Waals surface area (Å²) in [6.07, 6.45) is 1.81. The van der Waals surface area contributed by atoms with Gasteiger partial charge in [0.1, 0.15) is 5.15 Å². The maximum Gasteiger partial charge on any atom is 0.180 e. The second kappa shape index (κ2) is 6.96. The fourth-order valence-corrected chi connectivity index (χ4v) is 2.55. The Labute approximate surface area is 134 Å². The number of aryl methyl sites for hydroxylation is 1. The predicted molar refractivity (Wildman–Crippen MR) is 84.6 cm³/mol. The van der Waals surface area contributed by atoms with E-state index < -0.39 is 0 Å². The minimum Gasteiger partial charge on any atom is -0.493 e. The topological polar surface area (TPSA) is 44.2 Å². The summed E-state index contributed by atoms with van der Waals surface area (Å²) in [5.41, 5.74) is 1.55. The van der Waals surface area contributed by atoms with Crippen LogP contribution in [0.15, 0.2) is 18.2 Å². The molecule has 21 heavy (non-hydrogen) atoms. The molecule has 0 fully saturated rings. The van der Waals surface area contributed by atoms with Crippen molar-refractivity contribution in [2.45, 2.75) is 19.8 Å². The van der Waals surface area contributed by atoms with Crippen molar-refractivity contribution in [1.82, 2.24) is 9.97 Å². The normalized spacial score (nSPS) is 10.5. The van der Waals surface area contributed by atoms with Crippen molar-refractivity contribution >= 4 is 23.2 Å². The number of aromatic nitrogens is 2. The zero-order chi connectivity index (χ0) is 15.4. The van der Waals surface area contributed by atoms with Crippen molar-refractivity contribution in [3.63, 3.8) is 0 Å². The molecule has 0 bridgehead atoms. The van der Waals surface area contributed by atoms with Gasteiger partial charge in [-0.25, -0.2) is 9.97 Å². The molecule has 0 aliphatic rings. The molecule has 1 aromatic carbocycles. The minimum absolute atomic E-state index is 0.398. The molecule has 0 amide bonds. The van der Waals surface area contributed by atoms with E-state index in [-0.39, 0.29) is 0 Å². The van der Waals surface area contributed by atoms with E-state index in [1.807, 2.05) is 0 Å². The third-order valence-corrected chi connectivity index (χ3v) is 3.55. The zero-order valence-electron chi connectivity index (χ0n) is 12.1. The first-order chi connectivity index (χ1) is 10.1. The number of halogens is 2. The minimum atomic E-state index is 0.398. The molecular weight excluding hydrogens is 311 g/mol. The largest absolute Gasteiger partial charge is 0.493 e. The summed E-state index contributed by atoms with van der Waals surface area (Å²) in [5.74, 6) is 1.50. The standard InChI is InChI=1S/C15H16Cl2N2O2/c1-4-5-9-8-12(16)19-15(18-9)10-6-7-11(20-2)14(21-3)13(10)17/h6-8H,4-5H2,1-3H3. The lowest BCUT2D eigenvalue weighted by atomic mass is 10.1. The highest BCUT2D eigenvalue weighted by Crippen LogP contribution is 2.40. The molecule has 0 saturated carbocycles. The molecule has 1 aromatic heterocycles. The maximum absolute atomic E-state index is 6.38. The van der Waals surface area contributed by atoms with Crippen molar-refractivity contribution in [2.75, 3.05) is 14.2 Å². The van der Waals surface area contributed by atoms with Crippen LogP contribution in [0.5, 0.6) is 11.5 Å². The van der Waals surface area contributed by atoms with Gasteiger partial charge in [-0.15, -0.1) is 0 Å². The monoisotopic (exact) mass is 326 g/mol. The van der Waals surface area contributed by atoms with Crippen LogP contribution in [0.4, 0.5) is 0 Å². The van der Waals surface area contributed by atoms with Crippen LogP contribution in [0.1, 0.15) is 19.0 Å². The van der Waals surface area contributed by atoms with E-state index in [1.54, 1.807) is 25.3 Å². The highest BCUT2D eigenvalue weighted by Gasteiger charge is 2.17. The molecular formula is C15H16Cl2N2O2. The highest BCUT2D eigenvalue weighted by atomic mass is 35.5. The van der Waals surface area contributed by atoms with E-state index in [4.69, 9.17) is 32.7 Å². The number of ether oxygens (including phenoxy) is 2. The summed E-state index contributed by atoms with van der Waals surface area (Å²) in [6.45, 7) is 2.08. The first kappa shape index (κ1) is 15.9. The van der Waals surface area contributed by atoms with Gasteiger partial charge < -0.3 is 9.47 Å². The lowest BCUT2D eigenvalue weighted by Gasteiger charge is -2.12. The molecule has 4 nitrogen and oxygen atoms in total. The molecule has 0 N–H and O–H groups in total. The van der Waals surface area contributed by atoms with E-state index in [9.17, 15) is 0 Å². The van der Waals surface area contributed by atoms with Gasteiger partial charge >= 0.3 is 0 Å². The summed E-state index contributed by atoms with van der Waals surface area (Å²) in [5, 5.41) is 0.802. The predicted octanol–water partition coefficient (Wildman–Crippen LogP) is 4.42. The summed E-state index contributed by atoms with van der Waals surface area (Å²) in [6, 6.07) is 5.33. The number of hydrogen-bond donors (Lipinski definition) is 0. The molecule has 0 saturated heterocycles. The quantitative estimate of drug-likeness (QED) is 0.763. The number of hydrogen-bond acceptors (Lipinski definition) is 4. The molecule has 0 aliphatic heterocycles. The molecule has 6 heteroatoms. The van der Waals surface area contributed by atoms with Gasteiger partial charge in [-0.2, -0.15) is 0 Å². The molecule has 0 unspecified atom stereocenters. The number of rotatable bonds is 5. The SMILES string of the molecule is CCCc1cc(Cl)nc(-c2ccc(OC)c(OC)c2Cl)n1. The van der Waals surface area contributed by atoms with Crippen LogP contribution >= 0.6 is 23.2 Å². The van der Waals surface area contributed by atoms with Crippen molar-refractivity contribution in [3.05, 3.63) is 34.1 Å². The van der Waals surface area contributed by atoms with Gasteiger partial charge in [-0.3, -0.25) is 0 Å². The molecule has 0 aliphatic carbocycles. The Morgan fingerprint density at radius 2 is 1.86 bits per heavy atom. The highest BCUT2D eigenvalue weighted by molar-refractivity contribution is 6.35. The molecule has 1 heterocycles. The van der Waals surface area contributed by atoms with Crippen LogP contribution in [-0.2, 0) is 6.42 Å². The van der Waals surface area contributed by atoms with Crippen LogP contribution in [-0.4, -0.2) is 24.2 Å². The Bertz CT molecular complexity index is 648. The summed E-state index contributed by atoms with van der Waals surface area (Å²) in [7, 11) is 3.10. The second-order valence-electron chi connectivity index (χ2n) is 4.42. The molecule has 0 radical (unpaired) electrons. The van der Waals surface area contributed by atoms with Gasteiger partial charge in [0.05, 0.1) is 19.2 Å². The molecule has 112 valence electrons. The lowest BCUT2D eigenvalue weighted by Crippen LogP contribution is -1.98. The molecule has 0 spiro atoms. The maximum atomic E-state index is 6.38. The van der Waals surface area contributed by atoms with Gasteiger partial charge in [-0.1, -0.05) is 36.5 Å². The third kappa shape index (κ3) is 3.39. The number of methoxy groups -OCH3 is 2. The Morgan fingerprint density at radius 3 is 2.48 bits per heavy atom. The van der Waals surface area contributed by atoms with E-state index in [0.717, 1.165) is 18.5 Å². The van der Waals surface area contributed by atoms with Gasteiger partial charge in [0.15, 0.2) is 17.3 Å². The fraction of sp³-hybridized carbons (Fsp3) is 0.333. The summed E-state index contributed by atoms with van der Waals surface area (Å²) >= 11 is 12.5. The Hall–Kier alpha value is -1.52. The van der Waals surface area contributed by atoms with E-state index in [2.05, 4.69) is 16.9 Å². The summed E-state index contributed by atoms with van der Waals surface area (Å²) < 4.78 is 10.5. The number of benzene rings is 1. The van der Waals surface area contributed by atoms with Crippen LogP contribution in [0.25, 0.3) is 11.4 Å². The van der Waals surface area contributed by atoms with Gasteiger partial charge in [0.25, 0.3) is 0 Å². The van der Waals surface area contributed by atoms with E-state index >= 15 is 0 Å². The van der Waals surface area contributed by atoms with E-state index in [0.29, 0.717) is 33.1 Å². The Kier molecular flexibility index (Phi) is 5.26. The summed E-state index contributed by atoms with van der Waals surface area (Å²) in [4.78, 5) is 8.76. The van der Waals surface area contributed by atoms with Crippen molar-refractivity contribution in [3.8, 4) is 22.9 Å². The van der Waals surface area contributed by atoms with Crippen LogP contribution < -0.4 is 9.47 Å². The smallest absolute Gasteiger partial charge is 0.180 e. The average Bonchev–Trinajstić information content (AvgIpc) is 2.46. The molecule has 2 aromatic rings.